The number of aryl methyl sites for hydroxylation is 2. The van der Waals surface area contributed by atoms with Crippen LogP contribution >= 0.6 is 23.1 Å². The number of carbonyl (C=O) groups excluding carboxylic acids is 1. The maximum atomic E-state index is 11.8. The summed E-state index contributed by atoms with van der Waals surface area (Å²) in [4.78, 5) is 23.0. The summed E-state index contributed by atoms with van der Waals surface area (Å²) in [5.74, 6) is 1.02. The van der Waals surface area contributed by atoms with Gasteiger partial charge in [-0.15, -0.1) is 11.3 Å². The number of aromatic nitrogens is 2. The van der Waals surface area contributed by atoms with E-state index in [2.05, 4.69) is 22.2 Å². The third kappa shape index (κ3) is 3.98. The molecule has 3 rings (SSSR count). The van der Waals surface area contributed by atoms with Crippen LogP contribution < -0.4 is 11.1 Å². The van der Waals surface area contributed by atoms with E-state index in [-0.39, 0.29) is 19.1 Å². The van der Waals surface area contributed by atoms with Crippen molar-refractivity contribution >= 4 is 45.0 Å². The molecule has 4 N–H and O–H groups in total. The first kappa shape index (κ1) is 18.6. The Balaban J connectivity index is 1.69. The Labute approximate surface area is 159 Å². The molecule has 0 aliphatic rings. The van der Waals surface area contributed by atoms with Gasteiger partial charge in [-0.05, 0) is 37.1 Å². The predicted molar refractivity (Wildman–Crippen MR) is 107 cm³/mol. The fourth-order valence-electron chi connectivity index (χ4n) is 2.50. The van der Waals surface area contributed by atoms with E-state index in [4.69, 9.17) is 10.8 Å². The number of anilines is 1. The highest BCUT2D eigenvalue weighted by atomic mass is 32.2. The average Bonchev–Trinajstić information content (AvgIpc) is 2.92. The molecule has 0 aliphatic carbocycles. The molecule has 0 atom stereocenters. The number of aliphatic hydroxyl groups is 1. The second kappa shape index (κ2) is 8.03. The maximum Gasteiger partial charge on any atom is 0.251 e. The van der Waals surface area contributed by atoms with Gasteiger partial charge in [0.05, 0.1) is 12.0 Å². The summed E-state index contributed by atoms with van der Waals surface area (Å²) in [6, 6.07) is 7.35. The van der Waals surface area contributed by atoms with Crippen molar-refractivity contribution in [1.82, 2.24) is 15.3 Å². The molecule has 6 nitrogen and oxygen atoms in total. The number of carbonyl (C=O) groups is 1. The van der Waals surface area contributed by atoms with Gasteiger partial charge in [0.15, 0.2) is 5.16 Å². The molecule has 136 valence electrons. The Kier molecular flexibility index (Phi) is 5.75. The summed E-state index contributed by atoms with van der Waals surface area (Å²) in [6.07, 6.45) is 0. The van der Waals surface area contributed by atoms with Crippen molar-refractivity contribution in [3.05, 3.63) is 45.8 Å². The molecule has 1 aromatic carbocycles. The normalized spacial score (nSPS) is 11.0. The van der Waals surface area contributed by atoms with Gasteiger partial charge in [-0.2, -0.15) is 0 Å². The first-order valence-corrected chi connectivity index (χ1v) is 9.94. The second-order valence-corrected chi connectivity index (χ2v) is 7.97. The van der Waals surface area contributed by atoms with Gasteiger partial charge in [0, 0.05) is 22.7 Å². The number of hydrogen-bond donors (Lipinski definition) is 3. The Morgan fingerprint density at radius 1 is 1.27 bits per heavy atom. The average molecular weight is 389 g/mol. The van der Waals surface area contributed by atoms with Crippen molar-refractivity contribution < 1.29 is 9.90 Å². The number of thioether (sulfide) groups is 1. The predicted octanol–water partition coefficient (Wildman–Crippen LogP) is 2.90. The van der Waals surface area contributed by atoms with Crippen LogP contribution in [0.25, 0.3) is 10.2 Å². The first-order valence-electron chi connectivity index (χ1n) is 8.13. The third-order valence-corrected chi connectivity index (χ3v) is 6.04. The van der Waals surface area contributed by atoms with Crippen molar-refractivity contribution in [3.8, 4) is 0 Å². The van der Waals surface area contributed by atoms with E-state index in [9.17, 15) is 4.79 Å². The van der Waals surface area contributed by atoms with E-state index in [0.717, 1.165) is 21.3 Å². The van der Waals surface area contributed by atoms with E-state index in [1.54, 1.807) is 23.5 Å². The molecule has 2 heterocycles. The quantitative estimate of drug-likeness (QED) is 0.443. The van der Waals surface area contributed by atoms with Crippen LogP contribution in [0, 0.1) is 13.8 Å². The Bertz CT molecular complexity index is 939. The summed E-state index contributed by atoms with van der Waals surface area (Å²) in [5.41, 5.74) is 8.89. The van der Waals surface area contributed by atoms with Crippen LogP contribution in [0.15, 0.2) is 29.4 Å². The van der Waals surface area contributed by atoms with E-state index < -0.39 is 0 Å². The summed E-state index contributed by atoms with van der Waals surface area (Å²) in [7, 11) is 0. The van der Waals surface area contributed by atoms with Crippen LogP contribution in [0.1, 0.15) is 26.4 Å². The molecule has 8 heteroatoms. The largest absolute Gasteiger partial charge is 0.395 e. The molecule has 0 aliphatic heterocycles. The molecule has 1 amide bonds. The number of amides is 1. The van der Waals surface area contributed by atoms with Gasteiger partial charge in [0.1, 0.15) is 10.6 Å². The molecule has 0 unspecified atom stereocenters. The highest BCUT2D eigenvalue weighted by Crippen LogP contribution is 2.33. The summed E-state index contributed by atoms with van der Waals surface area (Å²) in [6.45, 7) is 4.28. The number of thiophene rings is 1. The zero-order valence-corrected chi connectivity index (χ0v) is 16.2. The smallest absolute Gasteiger partial charge is 0.251 e. The number of nitrogens with zero attached hydrogens (tertiary/aromatic N) is 2. The number of benzene rings is 1. The molecular formula is C18H20N4O2S2. The van der Waals surface area contributed by atoms with E-state index in [0.29, 0.717) is 22.3 Å². The molecule has 3 aromatic rings. The minimum atomic E-state index is -0.191. The van der Waals surface area contributed by atoms with Gasteiger partial charge < -0.3 is 16.2 Å². The van der Waals surface area contributed by atoms with Gasteiger partial charge in [-0.1, -0.05) is 23.9 Å². The van der Waals surface area contributed by atoms with Crippen molar-refractivity contribution in [3.63, 3.8) is 0 Å². The van der Waals surface area contributed by atoms with Crippen molar-refractivity contribution in [1.29, 1.82) is 0 Å². The van der Waals surface area contributed by atoms with Crippen LogP contribution in [0.4, 0.5) is 5.82 Å². The third-order valence-electron chi connectivity index (χ3n) is 4.02. The molecule has 0 fully saturated rings. The van der Waals surface area contributed by atoms with Crippen LogP contribution in [0.2, 0.25) is 0 Å². The SMILES string of the molecule is Cc1sc2nc(SCc3ccc(C(=O)NCCO)cc3)nc(N)c2c1C. The monoisotopic (exact) mass is 388 g/mol. The number of hydrogen-bond acceptors (Lipinski definition) is 7. The number of rotatable bonds is 6. The van der Waals surface area contributed by atoms with E-state index in [1.807, 2.05) is 19.1 Å². The Hall–Kier alpha value is -2.16. The molecule has 0 spiro atoms. The van der Waals surface area contributed by atoms with E-state index >= 15 is 0 Å². The van der Waals surface area contributed by atoms with Crippen LogP contribution in [-0.4, -0.2) is 34.1 Å². The lowest BCUT2D eigenvalue weighted by Crippen LogP contribution is -2.26. The number of nitrogen functional groups attached to an aromatic ring is 1. The first-order chi connectivity index (χ1) is 12.5. The zero-order valence-electron chi connectivity index (χ0n) is 14.6. The number of nitrogens with one attached hydrogen (secondary N) is 1. The van der Waals surface area contributed by atoms with Crippen LogP contribution in [-0.2, 0) is 5.75 Å². The van der Waals surface area contributed by atoms with Crippen molar-refractivity contribution in [2.24, 2.45) is 0 Å². The van der Waals surface area contributed by atoms with Gasteiger partial charge in [-0.25, -0.2) is 9.97 Å². The summed E-state index contributed by atoms with van der Waals surface area (Å²) < 4.78 is 0. The number of aliphatic hydroxyl groups excluding tert-OH is 1. The van der Waals surface area contributed by atoms with Crippen molar-refractivity contribution in [2.75, 3.05) is 18.9 Å². The zero-order chi connectivity index (χ0) is 18.7. The van der Waals surface area contributed by atoms with Gasteiger partial charge >= 0.3 is 0 Å². The topological polar surface area (TPSA) is 101 Å². The minimum Gasteiger partial charge on any atom is -0.395 e. The number of fused-ring (bicyclic) bond motifs is 1. The minimum absolute atomic E-state index is 0.0722. The lowest BCUT2D eigenvalue weighted by Gasteiger charge is -2.06. The van der Waals surface area contributed by atoms with Crippen LogP contribution in [0.3, 0.4) is 0 Å². The number of nitrogens with two attached hydrogens (primary N) is 1. The van der Waals surface area contributed by atoms with Gasteiger partial charge in [0.25, 0.3) is 5.91 Å². The van der Waals surface area contributed by atoms with E-state index in [1.165, 1.54) is 16.6 Å². The van der Waals surface area contributed by atoms with Crippen LogP contribution in [0.5, 0.6) is 0 Å². The molecule has 0 radical (unpaired) electrons. The second-order valence-electron chi connectivity index (χ2n) is 5.82. The Morgan fingerprint density at radius 3 is 2.69 bits per heavy atom. The molecule has 0 saturated carbocycles. The lowest BCUT2D eigenvalue weighted by molar-refractivity contribution is 0.0945. The van der Waals surface area contributed by atoms with Gasteiger partial charge in [-0.3, -0.25) is 4.79 Å². The molecule has 0 saturated heterocycles. The molecule has 0 bridgehead atoms. The highest BCUT2D eigenvalue weighted by Gasteiger charge is 2.13. The maximum absolute atomic E-state index is 11.8. The fraction of sp³-hybridized carbons (Fsp3) is 0.278. The Morgan fingerprint density at radius 2 is 2.00 bits per heavy atom. The molecule has 2 aromatic heterocycles. The lowest BCUT2D eigenvalue weighted by atomic mass is 10.1. The summed E-state index contributed by atoms with van der Waals surface area (Å²) in [5, 5.41) is 13.0. The highest BCUT2D eigenvalue weighted by molar-refractivity contribution is 7.98. The fourth-order valence-corrected chi connectivity index (χ4v) is 4.40. The summed E-state index contributed by atoms with van der Waals surface area (Å²) >= 11 is 3.15. The van der Waals surface area contributed by atoms with Gasteiger partial charge in [0.2, 0.25) is 0 Å². The van der Waals surface area contributed by atoms with Crippen molar-refractivity contribution in [2.45, 2.75) is 24.8 Å². The standard InChI is InChI=1S/C18H20N4O2S2/c1-10-11(2)26-17-14(10)15(19)21-18(22-17)25-9-12-3-5-13(6-4-12)16(24)20-7-8-23/h3-6,23H,7-9H2,1-2H3,(H,20,24)(H2,19,21,22). The molecule has 26 heavy (non-hydrogen) atoms. The molecular weight excluding hydrogens is 368 g/mol.